The highest BCUT2D eigenvalue weighted by Gasteiger charge is 2.15. The Hall–Kier alpha value is -1.29. The van der Waals surface area contributed by atoms with Crippen LogP contribution in [0.15, 0.2) is 18.2 Å². The van der Waals surface area contributed by atoms with Crippen LogP contribution in [-0.2, 0) is 0 Å². The molecular weight excluding hydrogens is 219 g/mol. The molecule has 4 heteroatoms. The largest absolute Gasteiger partial charge is 0.491 e. The molecule has 1 aliphatic rings. The molecule has 0 aliphatic carbocycles. The molecule has 0 amide bonds. The van der Waals surface area contributed by atoms with Gasteiger partial charge in [-0.25, -0.2) is 4.39 Å². The van der Waals surface area contributed by atoms with Gasteiger partial charge in [0.2, 0.25) is 0 Å². The summed E-state index contributed by atoms with van der Waals surface area (Å²) in [5.74, 6) is 0.581. The lowest BCUT2D eigenvalue weighted by atomic mass is 10.2. The van der Waals surface area contributed by atoms with Crippen LogP contribution in [0.5, 0.6) is 5.75 Å². The van der Waals surface area contributed by atoms with Gasteiger partial charge in [-0.15, -0.1) is 0 Å². The van der Waals surface area contributed by atoms with Crippen molar-refractivity contribution < 1.29 is 9.13 Å². The molecule has 17 heavy (non-hydrogen) atoms. The zero-order valence-corrected chi connectivity index (χ0v) is 10.2. The van der Waals surface area contributed by atoms with Crippen molar-refractivity contribution >= 4 is 5.69 Å². The fraction of sp³-hybridized carbons (Fsp3) is 0.538. The molecule has 2 rings (SSSR count). The van der Waals surface area contributed by atoms with Crippen LogP contribution in [0.2, 0.25) is 0 Å². The number of rotatable bonds is 4. The van der Waals surface area contributed by atoms with Gasteiger partial charge in [-0.1, -0.05) is 6.92 Å². The Balaban J connectivity index is 2.19. The zero-order chi connectivity index (χ0) is 12.1. The minimum absolute atomic E-state index is 0.206. The summed E-state index contributed by atoms with van der Waals surface area (Å²) in [5.41, 5.74) is 0.875. The quantitative estimate of drug-likeness (QED) is 0.868. The summed E-state index contributed by atoms with van der Waals surface area (Å²) in [6, 6.07) is 4.75. The van der Waals surface area contributed by atoms with E-state index in [1.807, 2.05) is 0 Å². The number of nitrogens with zero attached hydrogens (tertiary/aromatic N) is 1. The number of piperazine rings is 1. The molecule has 0 radical (unpaired) electrons. The normalized spacial score (nSPS) is 16.0. The minimum atomic E-state index is -0.206. The lowest BCUT2D eigenvalue weighted by molar-refractivity contribution is 0.316. The highest BCUT2D eigenvalue weighted by molar-refractivity contribution is 5.59. The number of benzene rings is 1. The summed E-state index contributed by atoms with van der Waals surface area (Å²) < 4.78 is 19.0. The van der Waals surface area contributed by atoms with E-state index < -0.39 is 0 Å². The molecule has 0 bridgehead atoms. The van der Waals surface area contributed by atoms with Gasteiger partial charge in [0.15, 0.2) is 0 Å². The predicted octanol–water partition coefficient (Wildman–Crippen LogP) is 2.02. The SMILES string of the molecule is CCCOc1ccc(F)cc1N1CCNCC1. The average Bonchev–Trinajstić information content (AvgIpc) is 2.38. The van der Waals surface area contributed by atoms with Gasteiger partial charge < -0.3 is 15.0 Å². The molecule has 0 saturated carbocycles. The van der Waals surface area contributed by atoms with Crippen LogP contribution in [0.4, 0.5) is 10.1 Å². The maximum absolute atomic E-state index is 13.3. The molecule has 0 aromatic heterocycles. The summed E-state index contributed by atoms with van der Waals surface area (Å²) in [7, 11) is 0. The van der Waals surface area contributed by atoms with Crippen molar-refractivity contribution in [2.75, 3.05) is 37.7 Å². The molecule has 0 unspecified atom stereocenters. The Morgan fingerprint density at radius 3 is 2.82 bits per heavy atom. The minimum Gasteiger partial charge on any atom is -0.491 e. The summed E-state index contributed by atoms with van der Waals surface area (Å²) in [6.45, 7) is 6.39. The summed E-state index contributed by atoms with van der Waals surface area (Å²) in [6.07, 6.45) is 0.957. The van der Waals surface area contributed by atoms with Crippen molar-refractivity contribution in [1.29, 1.82) is 0 Å². The Kier molecular flexibility index (Phi) is 4.20. The van der Waals surface area contributed by atoms with Crippen LogP contribution >= 0.6 is 0 Å². The van der Waals surface area contributed by atoms with E-state index in [9.17, 15) is 4.39 Å². The lowest BCUT2D eigenvalue weighted by Gasteiger charge is -2.30. The van der Waals surface area contributed by atoms with Crippen LogP contribution < -0.4 is 15.0 Å². The van der Waals surface area contributed by atoms with Gasteiger partial charge in [-0.2, -0.15) is 0 Å². The Morgan fingerprint density at radius 1 is 1.35 bits per heavy atom. The number of nitrogens with one attached hydrogen (secondary N) is 1. The van der Waals surface area contributed by atoms with Crippen molar-refractivity contribution in [3.05, 3.63) is 24.0 Å². The maximum Gasteiger partial charge on any atom is 0.142 e. The molecular formula is C13H19FN2O. The number of anilines is 1. The summed E-state index contributed by atoms with van der Waals surface area (Å²) in [4.78, 5) is 2.17. The van der Waals surface area contributed by atoms with E-state index in [4.69, 9.17) is 4.74 Å². The first-order valence-corrected chi connectivity index (χ1v) is 6.19. The third-order valence-electron chi connectivity index (χ3n) is 2.84. The molecule has 1 heterocycles. The van der Waals surface area contributed by atoms with Crippen molar-refractivity contribution in [2.45, 2.75) is 13.3 Å². The van der Waals surface area contributed by atoms with Crippen LogP contribution in [0, 0.1) is 5.82 Å². The van der Waals surface area contributed by atoms with Crippen molar-refractivity contribution in [1.82, 2.24) is 5.32 Å². The summed E-state index contributed by atoms with van der Waals surface area (Å²) in [5, 5.41) is 3.29. The number of ether oxygens (including phenoxy) is 1. The Bertz CT molecular complexity index is 364. The highest BCUT2D eigenvalue weighted by Crippen LogP contribution is 2.29. The second kappa shape index (κ2) is 5.87. The number of hydrogen-bond donors (Lipinski definition) is 1. The van der Waals surface area contributed by atoms with Gasteiger partial charge in [0.25, 0.3) is 0 Å². The van der Waals surface area contributed by atoms with E-state index in [-0.39, 0.29) is 5.82 Å². The Labute approximate surface area is 102 Å². The number of hydrogen-bond acceptors (Lipinski definition) is 3. The van der Waals surface area contributed by atoms with Gasteiger partial charge in [-0.3, -0.25) is 0 Å². The van der Waals surface area contributed by atoms with Crippen LogP contribution in [0.25, 0.3) is 0 Å². The van der Waals surface area contributed by atoms with E-state index in [1.54, 1.807) is 12.1 Å². The second-order valence-corrected chi connectivity index (χ2v) is 4.20. The predicted molar refractivity (Wildman–Crippen MR) is 67.3 cm³/mol. The molecule has 1 aromatic rings. The molecule has 0 atom stereocenters. The molecule has 1 saturated heterocycles. The molecule has 1 N–H and O–H groups in total. The Morgan fingerprint density at radius 2 is 2.12 bits per heavy atom. The average molecular weight is 238 g/mol. The lowest BCUT2D eigenvalue weighted by Crippen LogP contribution is -2.43. The molecule has 3 nitrogen and oxygen atoms in total. The number of halogens is 1. The van der Waals surface area contributed by atoms with E-state index in [0.717, 1.165) is 44.0 Å². The standard InChI is InChI=1S/C13H19FN2O/c1-2-9-17-13-4-3-11(14)10-12(13)16-7-5-15-6-8-16/h3-4,10,15H,2,5-9H2,1H3. The van der Waals surface area contributed by atoms with E-state index in [1.165, 1.54) is 6.07 Å². The van der Waals surface area contributed by atoms with E-state index in [2.05, 4.69) is 17.1 Å². The fourth-order valence-corrected chi connectivity index (χ4v) is 1.98. The monoisotopic (exact) mass is 238 g/mol. The third-order valence-corrected chi connectivity index (χ3v) is 2.84. The van der Waals surface area contributed by atoms with Crippen LogP contribution in [-0.4, -0.2) is 32.8 Å². The van der Waals surface area contributed by atoms with E-state index in [0.29, 0.717) is 6.61 Å². The van der Waals surface area contributed by atoms with Crippen LogP contribution in [0.1, 0.15) is 13.3 Å². The topological polar surface area (TPSA) is 24.5 Å². The fourth-order valence-electron chi connectivity index (χ4n) is 1.98. The molecule has 1 aromatic carbocycles. The first kappa shape index (κ1) is 12.2. The molecule has 1 fully saturated rings. The van der Waals surface area contributed by atoms with Crippen molar-refractivity contribution in [3.63, 3.8) is 0 Å². The maximum atomic E-state index is 13.3. The van der Waals surface area contributed by atoms with Gasteiger partial charge >= 0.3 is 0 Å². The smallest absolute Gasteiger partial charge is 0.142 e. The highest BCUT2D eigenvalue weighted by atomic mass is 19.1. The second-order valence-electron chi connectivity index (χ2n) is 4.20. The van der Waals surface area contributed by atoms with Crippen LogP contribution in [0.3, 0.4) is 0 Å². The van der Waals surface area contributed by atoms with Crippen molar-refractivity contribution in [3.8, 4) is 5.75 Å². The van der Waals surface area contributed by atoms with Crippen molar-refractivity contribution in [2.24, 2.45) is 0 Å². The first-order valence-electron chi connectivity index (χ1n) is 6.19. The molecule has 94 valence electrons. The van der Waals surface area contributed by atoms with Gasteiger partial charge in [-0.05, 0) is 18.6 Å². The van der Waals surface area contributed by atoms with Gasteiger partial charge in [0, 0.05) is 32.2 Å². The van der Waals surface area contributed by atoms with Gasteiger partial charge in [0.1, 0.15) is 11.6 Å². The van der Waals surface area contributed by atoms with Gasteiger partial charge in [0.05, 0.1) is 12.3 Å². The summed E-state index contributed by atoms with van der Waals surface area (Å²) >= 11 is 0. The zero-order valence-electron chi connectivity index (χ0n) is 10.2. The molecule has 1 aliphatic heterocycles. The van der Waals surface area contributed by atoms with E-state index >= 15 is 0 Å². The first-order chi connectivity index (χ1) is 8.31. The molecule has 0 spiro atoms. The third kappa shape index (κ3) is 3.09.